The van der Waals surface area contributed by atoms with Gasteiger partial charge >= 0.3 is 6.03 Å². The zero-order valence-corrected chi connectivity index (χ0v) is 9.80. The van der Waals surface area contributed by atoms with Crippen LogP contribution >= 0.6 is 0 Å². The second-order valence-corrected chi connectivity index (χ2v) is 4.68. The molecule has 6 heteroatoms. The molecule has 0 spiro atoms. The molecule has 0 N–H and O–H groups in total. The number of nitrogens with zero attached hydrogens (tertiary/aromatic N) is 2. The third kappa shape index (κ3) is 2.02. The van der Waals surface area contributed by atoms with Crippen molar-refractivity contribution < 1.29 is 19.1 Å². The van der Waals surface area contributed by atoms with Crippen molar-refractivity contribution in [2.24, 2.45) is 0 Å². The van der Waals surface area contributed by atoms with E-state index in [0.717, 1.165) is 0 Å². The number of hydrogen-bond donors (Lipinski definition) is 0. The fraction of sp³-hybridized carbons (Fsp3) is 0.818. The van der Waals surface area contributed by atoms with Crippen LogP contribution in [0.2, 0.25) is 0 Å². The van der Waals surface area contributed by atoms with E-state index in [9.17, 15) is 9.59 Å². The first-order valence-corrected chi connectivity index (χ1v) is 6.06. The van der Waals surface area contributed by atoms with Crippen molar-refractivity contribution in [3.63, 3.8) is 0 Å². The van der Waals surface area contributed by atoms with E-state index in [1.165, 1.54) is 4.90 Å². The summed E-state index contributed by atoms with van der Waals surface area (Å²) < 4.78 is 10.2. The highest BCUT2D eigenvalue weighted by Gasteiger charge is 2.48. The SMILES string of the molecule is CCN1C(=O)N(CC2CO2)C(=O)C1CC1CO1. The molecular formula is C11H16N2O4. The van der Waals surface area contributed by atoms with E-state index in [2.05, 4.69) is 0 Å². The molecule has 0 aromatic carbocycles. The highest BCUT2D eigenvalue weighted by Crippen LogP contribution is 2.27. The number of likely N-dealkylation sites (N-methyl/N-ethyl adjacent to an activating group) is 1. The number of carbonyl (C=O) groups is 2. The number of rotatable bonds is 5. The molecule has 6 nitrogen and oxygen atoms in total. The van der Waals surface area contributed by atoms with Gasteiger partial charge < -0.3 is 14.4 Å². The van der Waals surface area contributed by atoms with E-state index in [4.69, 9.17) is 9.47 Å². The first-order valence-electron chi connectivity index (χ1n) is 6.06. The van der Waals surface area contributed by atoms with Crippen LogP contribution in [0.25, 0.3) is 0 Å². The Labute approximate surface area is 99.4 Å². The summed E-state index contributed by atoms with van der Waals surface area (Å²) in [5.74, 6) is -0.0946. The largest absolute Gasteiger partial charge is 0.373 e. The second-order valence-electron chi connectivity index (χ2n) is 4.68. The van der Waals surface area contributed by atoms with Crippen molar-refractivity contribution in [1.82, 2.24) is 9.80 Å². The Morgan fingerprint density at radius 2 is 1.88 bits per heavy atom. The Hall–Kier alpha value is -1.14. The summed E-state index contributed by atoms with van der Waals surface area (Å²) in [5.41, 5.74) is 0. The Morgan fingerprint density at radius 3 is 2.41 bits per heavy atom. The predicted octanol–water partition coefficient (Wildman–Crippen LogP) is -0.173. The van der Waals surface area contributed by atoms with Crippen LogP contribution in [0.3, 0.4) is 0 Å². The van der Waals surface area contributed by atoms with Gasteiger partial charge in [-0.2, -0.15) is 0 Å². The molecule has 3 fully saturated rings. The van der Waals surface area contributed by atoms with Gasteiger partial charge in [-0.3, -0.25) is 9.69 Å². The maximum atomic E-state index is 12.2. The molecule has 0 aromatic heterocycles. The Balaban J connectivity index is 1.72. The van der Waals surface area contributed by atoms with Gasteiger partial charge in [-0.25, -0.2) is 4.79 Å². The molecule has 3 saturated heterocycles. The number of amides is 3. The number of hydrogen-bond acceptors (Lipinski definition) is 4. The maximum absolute atomic E-state index is 12.2. The molecule has 3 amide bonds. The summed E-state index contributed by atoms with van der Waals surface area (Å²) in [5, 5.41) is 0. The van der Waals surface area contributed by atoms with Crippen molar-refractivity contribution in [3.8, 4) is 0 Å². The molecule has 0 aromatic rings. The van der Waals surface area contributed by atoms with Crippen LogP contribution in [0.1, 0.15) is 13.3 Å². The van der Waals surface area contributed by atoms with E-state index in [1.807, 2.05) is 6.92 Å². The van der Waals surface area contributed by atoms with E-state index in [-0.39, 0.29) is 30.2 Å². The van der Waals surface area contributed by atoms with E-state index >= 15 is 0 Å². The van der Waals surface area contributed by atoms with Crippen molar-refractivity contribution in [1.29, 1.82) is 0 Å². The maximum Gasteiger partial charge on any atom is 0.327 e. The van der Waals surface area contributed by atoms with Gasteiger partial charge in [-0.15, -0.1) is 0 Å². The van der Waals surface area contributed by atoms with Gasteiger partial charge in [0.1, 0.15) is 6.04 Å². The summed E-state index contributed by atoms with van der Waals surface area (Å²) >= 11 is 0. The molecule has 94 valence electrons. The van der Waals surface area contributed by atoms with Crippen LogP contribution in [-0.2, 0) is 14.3 Å². The monoisotopic (exact) mass is 240 g/mol. The fourth-order valence-corrected chi connectivity index (χ4v) is 2.28. The minimum atomic E-state index is -0.334. The molecule has 3 heterocycles. The molecular weight excluding hydrogens is 224 g/mol. The molecule has 0 radical (unpaired) electrons. The third-order valence-electron chi connectivity index (χ3n) is 3.42. The van der Waals surface area contributed by atoms with Crippen molar-refractivity contribution in [3.05, 3.63) is 0 Å². The first-order chi connectivity index (χ1) is 8.20. The zero-order chi connectivity index (χ0) is 12.0. The number of epoxide rings is 2. The normalized spacial score (nSPS) is 35.7. The molecule has 17 heavy (non-hydrogen) atoms. The predicted molar refractivity (Wildman–Crippen MR) is 57.4 cm³/mol. The molecule has 3 unspecified atom stereocenters. The molecule has 3 aliphatic rings. The minimum Gasteiger partial charge on any atom is -0.373 e. The molecule has 0 bridgehead atoms. The smallest absolute Gasteiger partial charge is 0.327 e. The average Bonchev–Trinajstić information content (AvgIpc) is 3.18. The van der Waals surface area contributed by atoms with Gasteiger partial charge in [-0.1, -0.05) is 0 Å². The van der Waals surface area contributed by atoms with Gasteiger partial charge in [-0.05, 0) is 6.92 Å². The van der Waals surface area contributed by atoms with Gasteiger partial charge in [0, 0.05) is 13.0 Å². The van der Waals surface area contributed by atoms with Crippen molar-refractivity contribution >= 4 is 11.9 Å². The number of ether oxygens (including phenoxy) is 2. The topological polar surface area (TPSA) is 65.7 Å². The van der Waals surface area contributed by atoms with Crippen LogP contribution in [0.15, 0.2) is 0 Å². The van der Waals surface area contributed by atoms with E-state index in [0.29, 0.717) is 32.7 Å². The number of urea groups is 1. The van der Waals surface area contributed by atoms with Gasteiger partial charge in [0.05, 0.1) is 32.0 Å². The molecule has 0 saturated carbocycles. The van der Waals surface area contributed by atoms with Gasteiger partial charge in [0.15, 0.2) is 0 Å². The van der Waals surface area contributed by atoms with Crippen LogP contribution in [-0.4, -0.2) is 66.3 Å². The quantitative estimate of drug-likeness (QED) is 0.494. The Bertz CT molecular complexity index is 351. The Kier molecular flexibility index (Phi) is 2.56. The van der Waals surface area contributed by atoms with E-state index < -0.39 is 0 Å². The number of carbonyl (C=O) groups excluding carboxylic acids is 2. The summed E-state index contributed by atoms with van der Waals surface area (Å²) in [6.45, 7) is 4.21. The lowest BCUT2D eigenvalue weighted by molar-refractivity contribution is -0.128. The second kappa shape index (κ2) is 3.96. The zero-order valence-electron chi connectivity index (χ0n) is 9.80. The van der Waals surface area contributed by atoms with Gasteiger partial charge in [0.2, 0.25) is 0 Å². The Morgan fingerprint density at radius 1 is 1.24 bits per heavy atom. The first kappa shape index (κ1) is 11.0. The lowest BCUT2D eigenvalue weighted by atomic mass is 10.1. The minimum absolute atomic E-state index is 0.0533. The lowest BCUT2D eigenvalue weighted by Crippen LogP contribution is -2.36. The fourth-order valence-electron chi connectivity index (χ4n) is 2.28. The summed E-state index contributed by atoms with van der Waals surface area (Å²) in [7, 11) is 0. The summed E-state index contributed by atoms with van der Waals surface area (Å²) in [6.07, 6.45) is 0.834. The van der Waals surface area contributed by atoms with Crippen LogP contribution in [0.5, 0.6) is 0 Å². The van der Waals surface area contributed by atoms with Gasteiger partial charge in [0.25, 0.3) is 5.91 Å². The molecule has 3 atom stereocenters. The van der Waals surface area contributed by atoms with Crippen LogP contribution < -0.4 is 0 Å². The molecule has 0 aliphatic carbocycles. The van der Waals surface area contributed by atoms with Crippen LogP contribution in [0.4, 0.5) is 4.79 Å². The molecule has 3 rings (SSSR count). The number of imide groups is 1. The standard InChI is InChI=1S/C11H16N2O4/c1-2-12-9(3-7-5-16-7)10(14)13(11(12)15)4-8-6-17-8/h7-9H,2-6H2,1H3. The summed E-state index contributed by atoms with van der Waals surface area (Å²) in [4.78, 5) is 27.2. The van der Waals surface area contributed by atoms with Crippen molar-refractivity contribution in [2.75, 3.05) is 26.3 Å². The average molecular weight is 240 g/mol. The lowest BCUT2D eigenvalue weighted by Gasteiger charge is -2.18. The third-order valence-corrected chi connectivity index (χ3v) is 3.42. The van der Waals surface area contributed by atoms with E-state index in [1.54, 1.807) is 4.90 Å². The highest BCUT2D eigenvalue weighted by molar-refractivity contribution is 6.04. The highest BCUT2D eigenvalue weighted by atomic mass is 16.6. The van der Waals surface area contributed by atoms with Crippen LogP contribution in [0, 0.1) is 0 Å². The summed E-state index contributed by atoms with van der Waals surface area (Å²) in [6, 6.07) is -0.516. The molecule has 3 aliphatic heterocycles. The van der Waals surface area contributed by atoms with Crippen molar-refractivity contribution in [2.45, 2.75) is 31.6 Å².